The summed E-state index contributed by atoms with van der Waals surface area (Å²) in [5.41, 5.74) is 0. The number of hydrogen-bond acceptors (Lipinski definition) is 6. The van der Waals surface area contributed by atoms with E-state index in [9.17, 15) is 14.4 Å². The van der Waals surface area contributed by atoms with Crippen molar-refractivity contribution in [2.45, 2.75) is 419 Å². The summed E-state index contributed by atoms with van der Waals surface area (Å²) in [6.45, 7) is 6.71. The van der Waals surface area contributed by atoms with Gasteiger partial charge in [-0.05, 0) is 51.4 Å². The summed E-state index contributed by atoms with van der Waals surface area (Å²) in [7, 11) is 0. The van der Waals surface area contributed by atoms with Gasteiger partial charge >= 0.3 is 17.9 Å². The average molecular weight is 1130 g/mol. The molecule has 0 bridgehead atoms. The highest BCUT2D eigenvalue weighted by Gasteiger charge is 2.19. The van der Waals surface area contributed by atoms with Crippen LogP contribution < -0.4 is 0 Å². The molecule has 80 heavy (non-hydrogen) atoms. The van der Waals surface area contributed by atoms with Crippen LogP contribution in [-0.2, 0) is 28.6 Å². The summed E-state index contributed by atoms with van der Waals surface area (Å²) in [5.74, 6) is -0.839. The maximum Gasteiger partial charge on any atom is 0.306 e. The Morgan fingerprint density at radius 1 is 0.250 bits per heavy atom. The molecule has 0 fully saturated rings. The second-order valence-electron chi connectivity index (χ2n) is 24.9. The molecule has 1 atom stereocenters. The van der Waals surface area contributed by atoms with E-state index in [1.54, 1.807) is 0 Å². The first kappa shape index (κ1) is 77.9. The van der Waals surface area contributed by atoms with Crippen molar-refractivity contribution >= 4 is 17.9 Å². The van der Waals surface area contributed by atoms with E-state index >= 15 is 0 Å². The number of carbonyl (C=O) groups excluding carboxylic acids is 3. The lowest BCUT2D eigenvalue weighted by atomic mass is 10.0. The number of esters is 3. The molecular weight excluding hydrogens is 985 g/mol. The van der Waals surface area contributed by atoms with Crippen LogP contribution in [0, 0.1) is 0 Å². The molecule has 0 spiro atoms. The fourth-order valence-electron chi connectivity index (χ4n) is 11.2. The van der Waals surface area contributed by atoms with Crippen molar-refractivity contribution in [1.29, 1.82) is 0 Å². The summed E-state index contributed by atoms with van der Waals surface area (Å²) in [4.78, 5) is 38.5. The maximum atomic E-state index is 13.0. The highest BCUT2D eigenvalue weighted by atomic mass is 16.6. The Hall–Kier alpha value is -2.11. The quantitative estimate of drug-likeness (QED) is 0.0261. The first-order valence-electron chi connectivity index (χ1n) is 36.3. The van der Waals surface area contributed by atoms with Gasteiger partial charge in [0, 0.05) is 19.3 Å². The lowest BCUT2D eigenvalue weighted by molar-refractivity contribution is -0.167. The highest BCUT2D eigenvalue weighted by molar-refractivity contribution is 5.71. The fraction of sp³-hybridized carbons (Fsp3) is 0.905. The van der Waals surface area contributed by atoms with Crippen LogP contribution in [0.2, 0.25) is 0 Å². The molecule has 1 unspecified atom stereocenters. The van der Waals surface area contributed by atoms with Crippen LogP contribution in [0.1, 0.15) is 412 Å². The summed E-state index contributed by atoms with van der Waals surface area (Å²) in [5, 5.41) is 0. The van der Waals surface area contributed by atoms with Gasteiger partial charge in [0.2, 0.25) is 0 Å². The van der Waals surface area contributed by atoms with Crippen LogP contribution in [0.3, 0.4) is 0 Å². The van der Waals surface area contributed by atoms with E-state index in [0.29, 0.717) is 19.3 Å². The lowest BCUT2D eigenvalue weighted by Gasteiger charge is -2.18. The minimum Gasteiger partial charge on any atom is -0.462 e. The van der Waals surface area contributed by atoms with Gasteiger partial charge in [-0.3, -0.25) is 14.4 Å². The van der Waals surface area contributed by atoms with Crippen LogP contribution in [0.15, 0.2) is 24.3 Å². The molecule has 0 aliphatic rings. The molecule has 0 aliphatic carbocycles. The molecule has 472 valence electrons. The molecule has 0 amide bonds. The van der Waals surface area contributed by atoms with Crippen molar-refractivity contribution in [1.82, 2.24) is 0 Å². The Morgan fingerprint density at radius 3 is 0.700 bits per heavy atom. The van der Waals surface area contributed by atoms with Gasteiger partial charge in [0.1, 0.15) is 13.2 Å². The van der Waals surface area contributed by atoms with Crippen molar-refractivity contribution in [3.8, 4) is 0 Å². The number of unbranched alkanes of at least 4 members (excludes halogenated alkanes) is 53. The monoisotopic (exact) mass is 1130 g/mol. The highest BCUT2D eigenvalue weighted by Crippen LogP contribution is 2.19. The van der Waals surface area contributed by atoms with E-state index < -0.39 is 6.10 Å². The van der Waals surface area contributed by atoms with Gasteiger partial charge in [-0.1, -0.05) is 366 Å². The van der Waals surface area contributed by atoms with Crippen LogP contribution >= 0.6 is 0 Å². The number of rotatable bonds is 68. The van der Waals surface area contributed by atoms with E-state index in [1.165, 1.54) is 302 Å². The van der Waals surface area contributed by atoms with Gasteiger partial charge < -0.3 is 14.2 Å². The fourth-order valence-corrected chi connectivity index (χ4v) is 11.2. The minimum atomic E-state index is -0.772. The molecule has 0 saturated carbocycles. The summed E-state index contributed by atoms with van der Waals surface area (Å²) < 4.78 is 17.0. The third kappa shape index (κ3) is 66.7. The topological polar surface area (TPSA) is 78.9 Å². The maximum absolute atomic E-state index is 13.0. The second-order valence-corrected chi connectivity index (χ2v) is 24.9. The molecule has 6 nitrogen and oxygen atoms in total. The van der Waals surface area contributed by atoms with Crippen molar-refractivity contribution in [2.75, 3.05) is 13.2 Å². The zero-order valence-corrected chi connectivity index (χ0v) is 54.4. The predicted octanol–water partition coefficient (Wildman–Crippen LogP) is 25.0. The van der Waals surface area contributed by atoms with Gasteiger partial charge in [-0.25, -0.2) is 0 Å². The molecule has 0 heterocycles. The Morgan fingerprint density at radius 2 is 0.450 bits per heavy atom. The van der Waals surface area contributed by atoms with Crippen LogP contribution in [0.25, 0.3) is 0 Å². The Balaban J connectivity index is 4.28. The predicted molar refractivity (Wildman–Crippen MR) is 349 cm³/mol. The van der Waals surface area contributed by atoms with E-state index in [-0.39, 0.29) is 31.1 Å². The second kappa shape index (κ2) is 69.4. The van der Waals surface area contributed by atoms with Crippen molar-refractivity contribution in [3.63, 3.8) is 0 Å². The van der Waals surface area contributed by atoms with Crippen molar-refractivity contribution in [3.05, 3.63) is 24.3 Å². The largest absolute Gasteiger partial charge is 0.462 e. The van der Waals surface area contributed by atoms with E-state index in [2.05, 4.69) is 45.1 Å². The van der Waals surface area contributed by atoms with E-state index in [4.69, 9.17) is 14.2 Å². The Bertz CT molecular complexity index is 1290. The van der Waals surface area contributed by atoms with Crippen molar-refractivity contribution < 1.29 is 28.6 Å². The summed E-state index contributed by atoms with van der Waals surface area (Å²) >= 11 is 0. The van der Waals surface area contributed by atoms with Gasteiger partial charge in [-0.2, -0.15) is 0 Å². The molecule has 0 saturated heterocycles. The molecule has 0 N–H and O–H groups in total. The molecule has 0 aromatic rings. The SMILES string of the molecule is CCCCCC/C=C\C/C=C\CCCCCCCCCC(=O)OCC(COC(=O)CCCCCCCCCCCCCCCCCCCCCCCCCC)OC(=O)CCCCCCCCCCCCCCCCCCCCCC. The molecule has 0 aromatic carbocycles. The zero-order valence-electron chi connectivity index (χ0n) is 54.4. The van der Waals surface area contributed by atoms with Crippen LogP contribution in [0.4, 0.5) is 0 Å². The third-order valence-electron chi connectivity index (χ3n) is 16.7. The number of hydrogen-bond donors (Lipinski definition) is 0. The minimum absolute atomic E-state index is 0.0669. The molecule has 0 rings (SSSR count). The lowest BCUT2D eigenvalue weighted by Crippen LogP contribution is -2.30. The zero-order chi connectivity index (χ0) is 57.8. The summed E-state index contributed by atoms with van der Waals surface area (Å²) in [6, 6.07) is 0. The number of carbonyl (C=O) groups is 3. The molecular formula is C74H140O6. The van der Waals surface area contributed by atoms with Gasteiger partial charge in [0.05, 0.1) is 0 Å². The van der Waals surface area contributed by atoms with E-state index in [0.717, 1.165) is 70.6 Å². The summed E-state index contributed by atoms with van der Waals surface area (Å²) in [6.07, 6.45) is 84.9. The molecule has 0 aliphatic heterocycles. The van der Waals surface area contributed by atoms with Gasteiger partial charge in [0.25, 0.3) is 0 Å². The smallest absolute Gasteiger partial charge is 0.306 e. The van der Waals surface area contributed by atoms with Gasteiger partial charge in [0.15, 0.2) is 6.10 Å². The average Bonchev–Trinajstić information content (AvgIpc) is 3.46. The molecule has 6 heteroatoms. The third-order valence-corrected chi connectivity index (χ3v) is 16.7. The van der Waals surface area contributed by atoms with Crippen LogP contribution in [0.5, 0.6) is 0 Å². The molecule has 0 aromatic heterocycles. The number of ether oxygens (including phenoxy) is 3. The van der Waals surface area contributed by atoms with Crippen molar-refractivity contribution in [2.24, 2.45) is 0 Å². The van der Waals surface area contributed by atoms with Gasteiger partial charge in [-0.15, -0.1) is 0 Å². The first-order valence-corrected chi connectivity index (χ1v) is 36.3. The standard InChI is InChI=1S/C74H140O6/c1-4-7-10-13-16-19-22-25-28-31-34-36-37-38-39-41-43-46-49-52-55-58-61-64-67-73(76)79-70-71(69-78-72(75)66-63-60-57-54-51-48-45-42-33-30-27-24-21-18-15-12-9-6-3)80-74(77)68-65-62-59-56-53-50-47-44-40-35-32-29-26-23-20-17-14-11-8-5-2/h21,24,30,33,71H,4-20,22-23,25-29,31-32,34-70H2,1-3H3/b24-21-,33-30-. The normalized spacial score (nSPS) is 12.1. The van der Waals surface area contributed by atoms with E-state index in [1.807, 2.05) is 0 Å². The van der Waals surface area contributed by atoms with Crippen LogP contribution in [-0.4, -0.2) is 37.2 Å². The number of allylic oxidation sites excluding steroid dienone is 4. The Kier molecular flexibility index (Phi) is 67.6. The first-order chi connectivity index (χ1) is 39.5. The molecule has 0 radical (unpaired) electrons. The Labute approximate surface area is 500 Å².